The van der Waals surface area contributed by atoms with Crippen molar-refractivity contribution in [2.75, 3.05) is 0 Å². The largest absolute Gasteiger partial charge is 0.228 e. The van der Waals surface area contributed by atoms with Crippen molar-refractivity contribution in [2.24, 2.45) is 0 Å². The van der Waals surface area contributed by atoms with Gasteiger partial charge in [-0.15, -0.1) is 11.3 Å². The van der Waals surface area contributed by atoms with Crippen LogP contribution in [0.15, 0.2) is 176 Å². The van der Waals surface area contributed by atoms with Crippen LogP contribution >= 0.6 is 11.3 Å². The molecule has 0 amide bonds. The molecule has 2 aromatic heterocycles. The third-order valence-corrected chi connectivity index (χ3v) is 11.8. The summed E-state index contributed by atoms with van der Waals surface area (Å²) in [6.45, 7) is 2.36. The lowest BCUT2D eigenvalue weighted by molar-refractivity contribution is 0.714. The number of aromatic nitrogens is 2. The van der Waals surface area contributed by atoms with Crippen molar-refractivity contribution < 1.29 is 0 Å². The summed E-state index contributed by atoms with van der Waals surface area (Å²) < 4.78 is 2.59. The molecule has 2 heterocycles. The highest BCUT2D eigenvalue weighted by Crippen LogP contribution is 2.52. The topological polar surface area (TPSA) is 25.8 Å². The number of thiophene rings is 1. The van der Waals surface area contributed by atoms with Gasteiger partial charge < -0.3 is 0 Å². The van der Waals surface area contributed by atoms with Crippen LogP contribution in [0.5, 0.6) is 0 Å². The molecule has 240 valence electrons. The zero-order valence-corrected chi connectivity index (χ0v) is 28.9. The Morgan fingerprint density at radius 2 is 0.941 bits per heavy atom. The lowest BCUT2D eigenvalue weighted by Crippen LogP contribution is -2.22. The molecule has 1 aliphatic rings. The molecular formula is C48H32N2S. The van der Waals surface area contributed by atoms with Gasteiger partial charge in [0, 0.05) is 42.3 Å². The number of nitrogens with zero attached hydrogens (tertiary/aromatic N) is 2. The van der Waals surface area contributed by atoms with Crippen LogP contribution in [0.4, 0.5) is 0 Å². The molecule has 51 heavy (non-hydrogen) atoms. The van der Waals surface area contributed by atoms with Gasteiger partial charge in [-0.25, -0.2) is 9.97 Å². The van der Waals surface area contributed by atoms with Gasteiger partial charge in [-0.1, -0.05) is 152 Å². The number of hydrogen-bond donors (Lipinski definition) is 0. The number of hydrogen-bond acceptors (Lipinski definition) is 3. The molecule has 0 bridgehead atoms. The summed E-state index contributed by atoms with van der Waals surface area (Å²) in [5, 5.41) is 2.55. The first-order valence-corrected chi connectivity index (χ1v) is 18.2. The smallest absolute Gasteiger partial charge is 0.160 e. The highest BCUT2D eigenvalue weighted by molar-refractivity contribution is 7.25. The molecule has 0 fully saturated rings. The quantitative estimate of drug-likeness (QED) is 0.182. The molecule has 10 rings (SSSR count). The Morgan fingerprint density at radius 1 is 0.412 bits per heavy atom. The normalized spacial score (nSPS) is 13.0. The van der Waals surface area contributed by atoms with Crippen LogP contribution in [0.2, 0.25) is 0 Å². The Morgan fingerprint density at radius 3 is 1.65 bits per heavy atom. The van der Waals surface area contributed by atoms with E-state index in [0.717, 1.165) is 33.9 Å². The second kappa shape index (κ2) is 11.7. The van der Waals surface area contributed by atoms with Gasteiger partial charge in [0.1, 0.15) is 0 Å². The van der Waals surface area contributed by atoms with E-state index >= 15 is 0 Å². The third-order valence-electron chi connectivity index (χ3n) is 10.6. The average Bonchev–Trinajstić information content (AvgIpc) is 3.71. The summed E-state index contributed by atoms with van der Waals surface area (Å²) in [7, 11) is 0. The van der Waals surface area contributed by atoms with Crippen molar-refractivity contribution in [3.8, 4) is 56.2 Å². The van der Waals surface area contributed by atoms with Gasteiger partial charge in [0.2, 0.25) is 0 Å². The molecule has 0 radical (unpaired) electrons. The van der Waals surface area contributed by atoms with Crippen LogP contribution in [0, 0.1) is 0 Å². The predicted molar refractivity (Wildman–Crippen MR) is 214 cm³/mol. The van der Waals surface area contributed by atoms with E-state index in [-0.39, 0.29) is 5.41 Å². The minimum absolute atomic E-state index is 0.197. The molecule has 9 aromatic rings. The molecule has 3 heteroatoms. The van der Waals surface area contributed by atoms with Gasteiger partial charge in [-0.05, 0) is 70.1 Å². The maximum atomic E-state index is 5.10. The number of benzene rings is 7. The number of rotatable bonds is 5. The molecule has 0 spiro atoms. The molecule has 0 saturated heterocycles. The Bertz CT molecular complexity index is 2700. The Labute approximate surface area is 301 Å². The standard InChI is InChI=1S/C48H32N2S/c1-48(41-16-8-5-13-37(41)38-14-6-9-17-42(38)48)36-26-23-32(24-27-36)31-19-21-33(22-20-31)43-30-44(50-47(49-43)34-11-3-2-4-12-34)35-25-28-46-40(29-35)39-15-7-10-18-45(39)51-46/h2-30H,1H3. The summed E-state index contributed by atoms with van der Waals surface area (Å²) in [4.78, 5) is 10.2. The third kappa shape index (κ3) is 4.85. The second-order valence-corrected chi connectivity index (χ2v) is 14.6. The van der Waals surface area contributed by atoms with Gasteiger partial charge in [-0.2, -0.15) is 0 Å². The molecule has 7 aromatic carbocycles. The summed E-state index contributed by atoms with van der Waals surface area (Å²) in [6, 6.07) is 63.3. The van der Waals surface area contributed by atoms with Gasteiger partial charge in [0.15, 0.2) is 5.82 Å². The average molecular weight is 669 g/mol. The molecule has 0 N–H and O–H groups in total. The lowest BCUT2D eigenvalue weighted by atomic mass is 9.74. The predicted octanol–water partition coefficient (Wildman–Crippen LogP) is 12.8. The summed E-state index contributed by atoms with van der Waals surface area (Å²) in [5.74, 6) is 0.724. The zero-order chi connectivity index (χ0) is 33.9. The first kappa shape index (κ1) is 29.7. The van der Waals surface area contributed by atoms with Crippen LogP contribution in [0.1, 0.15) is 23.6 Å². The van der Waals surface area contributed by atoms with Crippen molar-refractivity contribution in [2.45, 2.75) is 12.3 Å². The van der Waals surface area contributed by atoms with Gasteiger partial charge in [0.05, 0.1) is 11.4 Å². The fourth-order valence-electron chi connectivity index (χ4n) is 7.94. The van der Waals surface area contributed by atoms with Gasteiger partial charge in [-0.3, -0.25) is 0 Å². The Balaban J connectivity index is 1.01. The van der Waals surface area contributed by atoms with E-state index in [0.29, 0.717) is 0 Å². The summed E-state index contributed by atoms with van der Waals surface area (Å²) in [5.41, 5.74) is 13.8. The maximum absolute atomic E-state index is 5.10. The van der Waals surface area contributed by atoms with Gasteiger partial charge >= 0.3 is 0 Å². The lowest BCUT2D eigenvalue weighted by Gasteiger charge is -2.28. The van der Waals surface area contributed by atoms with Crippen LogP contribution in [0.25, 0.3) is 76.3 Å². The highest BCUT2D eigenvalue weighted by atomic mass is 32.1. The Hall–Kier alpha value is -6.16. The van der Waals surface area contributed by atoms with E-state index in [1.54, 1.807) is 0 Å². The molecule has 0 atom stereocenters. The van der Waals surface area contributed by atoms with E-state index in [9.17, 15) is 0 Å². The second-order valence-electron chi connectivity index (χ2n) is 13.5. The number of fused-ring (bicyclic) bond motifs is 6. The molecule has 0 unspecified atom stereocenters. The van der Waals surface area contributed by atoms with E-state index in [1.807, 2.05) is 29.5 Å². The van der Waals surface area contributed by atoms with E-state index < -0.39 is 0 Å². The maximum Gasteiger partial charge on any atom is 0.160 e. The van der Waals surface area contributed by atoms with Crippen molar-refractivity contribution in [3.05, 3.63) is 193 Å². The van der Waals surface area contributed by atoms with E-state index in [1.165, 1.54) is 59.1 Å². The monoisotopic (exact) mass is 668 g/mol. The molecule has 1 aliphatic carbocycles. The molecule has 0 aliphatic heterocycles. The Kier molecular flexibility index (Phi) is 6.83. The summed E-state index contributed by atoms with van der Waals surface area (Å²) in [6.07, 6.45) is 0. The van der Waals surface area contributed by atoms with Crippen molar-refractivity contribution in [1.29, 1.82) is 0 Å². The summed E-state index contributed by atoms with van der Waals surface area (Å²) >= 11 is 1.83. The van der Waals surface area contributed by atoms with Crippen molar-refractivity contribution in [1.82, 2.24) is 9.97 Å². The minimum Gasteiger partial charge on any atom is -0.228 e. The minimum atomic E-state index is -0.197. The van der Waals surface area contributed by atoms with Crippen LogP contribution < -0.4 is 0 Å². The van der Waals surface area contributed by atoms with E-state index in [4.69, 9.17) is 9.97 Å². The fourth-order valence-corrected chi connectivity index (χ4v) is 9.02. The van der Waals surface area contributed by atoms with Crippen molar-refractivity contribution in [3.63, 3.8) is 0 Å². The van der Waals surface area contributed by atoms with Gasteiger partial charge in [0.25, 0.3) is 0 Å². The molecular weight excluding hydrogens is 637 g/mol. The SMILES string of the molecule is CC1(c2ccc(-c3ccc(-c4cc(-c5ccc6sc7ccccc7c6c5)nc(-c5ccccc5)n4)cc3)cc2)c2ccccc2-c2ccccc21. The van der Waals surface area contributed by atoms with Crippen LogP contribution in [-0.2, 0) is 5.41 Å². The van der Waals surface area contributed by atoms with Crippen LogP contribution in [-0.4, -0.2) is 9.97 Å². The van der Waals surface area contributed by atoms with Crippen LogP contribution in [0.3, 0.4) is 0 Å². The molecule has 0 saturated carbocycles. The van der Waals surface area contributed by atoms with Crippen molar-refractivity contribution >= 4 is 31.5 Å². The molecule has 2 nitrogen and oxygen atoms in total. The first-order valence-electron chi connectivity index (χ1n) is 17.4. The zero-order valence-electron chi connectivity index (χ0n) is 28.0. The highest BCUT2D eigenvalue weighted by Gasteiger charge is 2.40. The first-order chi connectivity index (χ1) is 25.1. The fraction of sp³-hybridized carbons (Fsp3) is 0.0417. The van der Waals surface area contributed by atoms with E-state index in [2.05, 4.69) is 165 Å².